The first-order valence-corrected chi connectivity index (χ1v) is 10.2. The molecule has 0 spiro atoms. The molecule has 0 unspecified atom stereocenters. The summed E-state index contributed by atoms with van der Waals surface area (Å²) in [5.41, 5.74) is 0. The van der Waals surface area contributed by atoms with Crippen LogP contribution in [0.4, 0.5) is 0 Å². The Kier molecular flexibility index (Phi) is 17.9. The van der Waals surface area contributed by atoms with Crippen molar-refractivity contribution in [3.63, 3.8) is 0 Å². The van der Waals surface area contributed by atoms with Gasteiger partial charge in [0.2, 0.25) is 0 Å². The van der Waals surface area contributed by atoms with Gasteiger partial charge in [-0.05, 0) is 39.0 Å². The molecule has 0 rings (SSSR count). The molecule has 0 aromatic heterocycles. The molecule has 0 bridgehead atoms. The minimum absolute atomic E-state index is 0.115. The molecule has 0 aromatic rings. The van der Waals surface area contributed by atoms with Crippen molar-refractivity contribution in [2.24, 2.45) is 0 Å². The van der Waals surface area contributed by atoms with E-state index in [1.165, 1.54) is 70.6 Å². The first kappa shape index (κ1) is 23.2. The summed E-state index contributed by atoms with van der Waals surface area (Å²) in [6.07, 6.45) is 20.9. The van der Waals surface area contributed by atoms with Crippen molar-refractivity contribution in [2.45, 2.75) is 110 Å². The van der Waals surface area contributed by atoms with Crippen LogP contribution in [0.3, 0.4) is 0 Å². The number of hydrogen-bond acceptors (Lipinski definition) is 3. The number of rotatable bonds is 17. The first-order valence-electron chi connectivity index (χ1n) is 10.2. The van der Waals surface area contributed by atoms with Crippen molar-refractivity contribution in [2.75, 3.05) is 6.61 Å². The Labute approximate surface area is 149 Å². The average Bonchev–Trinajstić information content (AvgIpc) is 2.56. The Hall–Kier alpha value is -0.830. The first-order chi connectivity index (χ1) is 11.7. The second-order valence-electron chi connectivity index (χ2n) is 6.87. The maximum Gasteiger partial charge on any atom is 0.305 e. The van der Waals surface area contributed by atoms with E-state index < -0.39 is 6.10 Å². The molecule has 3 nitrogen and oxygen atoms in total. The van der Waals surface area contributed by atoms with Crippen LogP contribution in [0, 0.1) is 0 Å². The fourth-order valence-electron chi connectivity index (χ4n) is 2.63. The number of esters is 1. The van der Waals surface area contributed by atoms with Crippen molar-refractivity contribution in [1.29, 1.82) is 0 Å². The number of ether oxygens (including phenoxy) is 1. The fourth-order valence-corrected chi connectivity index (χ4v) is 2.63. The molecule has 1 atom stereocenters. The second kappa shape index (κ2) is 18.5. The van der Waals surface area contributed by atoms with Crippen molar-refractivity contribution in [3.8, 4) is 0 Å². The Morgan fingerprint density at radius 2 is 1.38 bits per heavy atom. The Balaban J connectivity index is 3.19. The van der Waals surface area contributed by atoms with Gasteiger partial charge in [0.1, 0.15) is 6.61 Å². The molecule has 142 valence electrons. The quantitative estimate of drug-likeness (QED) is 0.202. The van der Waals surface area contributed by atoms with Gasteiger partial charge in [-0.3, -0.25) is 4.79 Å². The standard InChI is InChI=1S/C21H40O3/c1-3-4-5-6-7-8-9-10-11-12-13-14-15-16-17-18-21(23)24-19-20(2)22/h10-11,20,22H,3-9,12-19H2,1-2H3/b11-10-/t20-/m1/s1. The highest BCUT2D eigenvalue weighted by atomic mass is 16.5. The fraction of sp³-hybridized carbons (Fsp3) is 0.857. The van der Waals surface area contributed by atoms with E-state index in [0.29, 0.717) is 6.42 Å². The lowest BCUT2D eigenvalue weighted by Gasteiger charge is -2.06. The summed E-state index contributed by atoms with van der Waals surface area (Å²) in [5.74, 6) is -0.187. The molecular weight excluding hydrogens is 300 g/mol. The lowest BCUT2D eigenvalue weighted by Crippen LogP contribution is -2.14. The molecule has 0 aliphatic heterocycles. The lowest BCUT2D eigenvalue weighted by molar-refractivity contribution is -0.146. The van der Waals surface area contributed by atoms with E-state index in [2.05, 4.69) is 19.1 Å². The SMILES string of the molecule is CCCCCCCC/C=C\CCCCCCCC(=O)OC[C@@H](C)O. The van der Waals surface area contributed by atoms with Gasteiger partial charge in [-0.25, -0.2) is 0 Å². The third-order valence-electron chi connectivity index (χ3n) is 4.13. The lowest BCUT2D eigenvalue weighted by atomic mass is 10.1. The molecule has 0 aromatic carbocycles. The molecule has 0 saturated heterocycles. The average molecular weight is 341 g/mol. The predicted octanol–water partition coefficient (Wildman–Crippen LogP) is 5.95. The Morgan fingerprint density at radius 1 is 0.875 bits per heavy atom. The number of hydrogen-bond donors (Lipinski definition) is 1. The molecule has 0 aliphatic rings. The van der Waals surface area contributed by atoms with Gasteiger partial charge in [-0.2, -0.15) is 0 Å². The van der Waals surface area contributed by atoms with Crippen molar-refractivity contribution in [1.82, 2.24) is 0 Å². The van der Waals surface area contributed by atoms with Gasteiger partial charge in [0.05, 0.1) is 6.10 Å². The van der Waals surface area contributed by atoms with E-state index in [9.17, 15) is 4.79 Å². The maximum atomic E-state index is 11.3. The van der Waals surface area contributed by atoms with E-state index in [1.807, 2.05) is 0 Å². The van der Waals surface area contributed by atoms with Crippen LogP contribution in [0.25, 0.3) is 0 Å². The zero-order chi connectivity index (χ0) is 17.9. The number of carbonyl (C=O) groups is 1. The third-order valence-corrected chi connectivity index (χ3v) is 4.13. The van der Waals surface area contributed by atoms with Gasteiger partial charge in [0, 0.05) is 6.42 Å². The van der Waals surface area contributed by atoms with Gasteiger partial charge < -0.3 is 9.84 Å². The van der Waals surface area contributed by atoms with Gasteiger partial charge in [0.15, 0.2) is 0 Å². The molecule has 0 aliphatic carbocycles. The highest BCUT2D eigenvalue weighted by Crippen LogP contribution is 2.10. The number of aliphatic hydroxyl groups is 1. The zero-order valence-electron chi connectivity index (χ0n) is 16.1. The molecule has 24 heavy (non-hydrogen) atoms. The smallest absolute Gasteiger partial charge is 0.305 e. The molecule has 0 saturated carbocycles. The molecule has 3 heteroatoms. The van der Waals surface area contributed by atoms with Crippen LogP contribution in [0.1, 0.15) is 104 Å². The molecular formula is C21H40O3. The van der Waals surface area contributed by atoms with Crippen LogP contribution < -0.4 is 0 Å². The van der Waals surface area contributed by atoms with Gasteiger partial charge in [-0.1, -0.05) is 70.4 Å². The number of allylic oxidation sites excluding steroid dienone is 2. The van der Waals surface area contributed by atoms with E-state index in [4.69, 9.17) is 9.84 Å². The van der Waals surface area contributed by atoms with Gasteiger partial charge in [-0.15, -0.1) is 0 Å². The summed E-state index contributed by atoms with van der Waals surface area (Å²) in [6, 6.07) is 0. The van der Waals surface area contributed by atoms with Crippen LogP contribution in [0.2, 0.25) is 0 Å². The van der Waals surface area contributed by atoms with Crippen LogP contribution in [0.15, 0.2) is 12.2 Å². The largest absolute Gasteiger partial charge is 0.463 e. The van der Waals surface area contributed by atoms with E-state index in [-0.39, 0.29) is 12.6 Å². The minimum atomic E-state index is -0.567. The monoisotopic (exact) mass is 340 g/mol. The summed E-state index contributed by atoms with van der Waals surface area (Å²) >= 11 is 0. The summed E-state index contributed by atoms with van der Waals surface area (Å²) in [6.45, 7) is 4.00. The molecule has 0 fully saturated rings. The number of carbonyl (C=O) groups excluding carboxylic acids is 1. The predicted molar refractivity (Wildman–Crippen MR) is 102 cm³/mol. The zero-order valence-corrected chi connectivity index (χ0v) is 16.1. The Morgan fingerprint density at radius 3 is 1.92 bits per heavy atom. The normalized spacial score (nSPS) is 12.6. The second-order valence-corrected chi connectivity index (χ2v) is 6.87. The Bertz CT molecular complexity index is 297. The molecule has 0 amide bonds. The summed E-state index contributed by atoms with van der Waals surface area (Å²) in [7, 11) is 0. The highest BCUT2D eigenvalue weighted by Gasteiger charge is 2.04. The number of unbranched alkanes of at least 4 members (excludes halogenated alkanes) is 11. The topological polar surface area (TPSA) is 46.5 Å². The van der Waals surface area contributed by atoms with Crippen LogP contribution in [-0.4, -0.2) is 23.8 Å². The van der Waals surface area contributed by atoms with Gasteiger partial charge >= 0.3 is 5.97 Å². The van der Waals surface area contributed by atoms with E-state index in [0.717, 1.165) is 12.8 Å². The maximum absolute atomic E-state index is 11.3. The van der Waals surface area contributed by atoms with Gasteiger partial charge in [0.25, 0.3) is 0 Å². The summed E-state index contributed by atoms with van der Waals surface area (Å²) < 4.78 is 4.92. The van der Waals surface area contributed by atoms with E-state index >= 15 is 0 Å². The molecule has 0 radical (unpaired) electrons. The van der Waals surface area contributed by atoms with Crippen LogP contribution in [0.5, 0.6) is 0 Å². The minimum Gasteiger partial charge on any atom is -0.463 e. The summed E-state index contributed by atoms with van der Waals surface area (Å²) in [4.78, 5) is 11.3. The highest BCUT2D eigenvalue weighted by molar-refractivity contribution is 5.69. The molecule has 1 N–H and O–H groups in total. The van der Waals surface area contributed by atoms with Crippen molar-refractivity contribution >= 4 is 5.97 Å². The van der Waals surface area contributed by atoms with Crippen LogP contribution >= 0.6 is 0 Å². The van der Waals surface area contributed by atoms with E-state index in [1.54, 1.807) is 6.92 Å². The van der Waals surface area contributed by atoms with Crippen LogP contribution in [-0.2, 0) is 9.53 Å². The van der Waals surface area contributed by atoms with Crippen molar-refractivity contribution < 1.29 is 14.6 Å². The molecule has 0 heterocycles. The number of aliphatic hydroxyl groups excluding tert-OH is 1. The van der Waals surface area contributed by atoms with Crippen molar-refractivity contribution in [3.05, 3.63) is 12.2 Å². The third kappa shape index (κ3) is 19.2. The summed E-state index contributed by atoms with van der Waals surface area (Å²) in [5, 5.41) is 9.02.